The lowest BCUT2D eigenvalue weighted by Crippen LogP contribution is -2.29. The lowest BCUT2D eigenvalue weighted by Gasteiger charge is -2.14. The first-order valence-electron chi connectivity index (χ1n) is 6.21. The third-order valence-corrected chi connectivity index (χ3v) is 2.72. The Morgan fingerprint density at radius 3 is 2.84 bits per heavy atom. The lowest BCUT2D eigenvalue weighted by atomic mass is 10.2. The largest absolute Gasteiger partial charge is 0.468 e. The van der Waals surface area contributed by atoms with Crippen LogP contribution in [0.4, 0.5) is 5.69 Å². The van der Waals surface area contributed by atoms with Gasteiger partial charge in [-0.2, -0.15) is 0 Å². The maximum atomic E-state index is 11.9. The highest BCUT2D eigenvalue weighted by Crippen LogP contribution is 2.09. The second-order valence-corrected chi connectivity index (χ2v) is 4.67. The van der Waals surface area contributed by atoms with Crippen LogP contribution in [0.2, 0.25) is 0 Å². The summed E-state index contributed by atoms with van der Waals surface area (Å²) < 4.78 is 5.25. The van der Waals surface area contributed by atoms with E-state index in [1.54, 1.807) is 6.26 Å². The SMILES string of the molecule is Cc1cccc(NC(=O)CN(C)Cc2ccco2)c1. The molecule has 0 aliphatic rings. The first-order chi connectivity index (χ1) is 9.13. The average Bonchev–Trinajstić information content (AvgIpc) is 2.81. The molecule has 0 unspecified atom stereocenters. The summed E-state index contributed by atoms with van der Waals surface area (Å²) in [5.74, 6) is 0.825. The van der Waals surface area contributed by atoms with E-state index in [2.05, 4.69) is 5.32 Å². The van der Waals surface area contributed by atoms with Crippen molar-refractivity contribution in [2.24, 2.45) is 0 Å². The highest BCUT2D eigenvalue weighted by atomic mass is 16.3. The van der Waals surface area contributed by atoms with Gasteiger partial charge in [-0.1, -0.05) is 12.1 Å². The molecule has 1 N–H and O–H groups in total. The second kappa shape index (κ2) is 6.20. The van der Waals surface area contributed by atoms with E-state index in [0.29, 0.717) is 13.1 Å². The van der Waals surface area contributed by atoms with Crippen LogP contribution < -0.4 is 5.32 Å². The first kappa shape index (κ1) is 13.4. The molecule has 0 radical (unpaired) electrons. The normalized spacial score (nSPS) is 10.7. The fraction of sp³-hybridized carbons (Fsp3) is 0.267. The van der Waals surface area contributed by atoms with Crippen LogP contribution in [0, 0.1) is 6.92 Å². The van der Waals surface area contributed by atoms with Crippen LogP contribution in [0.5, 0.6) is 0 Å². The predicted octanol–water partition coefficient (Wildman–Crippen LogP) is 2.66. The van der Waals surface area contributed by atoms with Crippen molar-refractivity contribution in [2.75, 3.05) is 18.9 Å². The second-order valence-electron chi connectivity index (χ2n) is 4.67. The number of hydrogen-bond acceptors (Lipinski definition) is 3. The van der Waals surface area contributed by atoms with E-state index >= 15 is 0 Å². The molecular weight excluding hydrogens is 240 g/mol. The van der Waals surface area contributed by atoms with E-state index in [4.69, 9.17) is 4.42 Å². The molecule has 1 amide bonds. The minimum atomic E-state index is -0.0281. The molecule has 100 valence electrons. The Kier molecular flexibility index (Phi) is 4.36. The highest BCUT2D eigenvalue weighted by Gasteiger charge is 2.08. The van der Waals surface area contributed by atoms with Crippen molar-refractivity contribution in [3.8, 4) is 0 Å². The topological polar surface area (TPSA) is 45.5 Å². The number of nitrogens with zero attached hydrogens (tertiary/aromatic N) is 1. The van der Waals surface area contributed by atoms with Crippen molar-refractivity contribution in [1.82, 2.24) is 4.90 Å². The van der Waals surface area contributed by atoms with E-state index < -0.39 is 0 Å². The fourth-order valence-electron chi connectivity index (χ4n) is 1.89. The van der Waals surface area contributed by atoms with Crippen LogP contribution in [0.15, 0.2) is 47.1 Å². The van der Waals surface area contributed by atoms with Gasteiger partial charge in [-0.3, -0.25) is 9.69 Å². The molecule has 0 fully saturated rings. The van der Waals surface area contributed by atoms with Crippen LogP contribution in [-0.2, 0) is 11.3 Å². The van der Waals surface area contributed by atoms with Gasteiger partial charge in [0.15, 0.2) is 0 Å². The van der Waals surface area contributed by atoms with E-state index in [1.165, 1.54) is 0 Å². The van der Waals surface area contributed by atoms with E-state index in [9.17, 15) is 4.79 Å². The number of amides is 1. The zero-order valence-corrected chi connectivity index (χ0v) is 11.2. The molecule has 0 atom stereocenters. The van der Waals surface area contributed by atoms with Gasteiger partial charge in [0.05, 0.1) is 19.4 Å². The van der Waals surface area contributed by atoms with E-state index in [-0.39, 0.29) is 5.91 Å². The minimum absolute atomic E-state index is 0.0281. The summed E-state index contributed by atoms with van der Waals surface area (Å²) in [5, 5.41) is 2.88. The van der Waals surface area contributed by atoms with Crippen molar-refractivity contribution in [2.45, 2.75) is 13.5 Å². The van der Waals surface area contributed by atoms with E-state index in [0.717, 1.165) is 17.0 Å². The summed E-state index contributed by atoms with van der Waals surface area (Å²) in [6.07, 6.45) is 1.63. The number of furan rings is 1. The lowest BCUT2D eigenvalue weighted by molar-refractivity contribution is -0.117. The van der Waals surface area contributed by atoms with Crippen LogP contribution >= 0.6 is 0 Å². The van der Waals surface area contributed by atoms with Crippen LogP contribution in [0.25, 0.3) is 0 Å². The van der Waals surface area contributed by atoms with Crippen molar-refractivity contribution >= 4 is 11.6 Å². The van der Waals surface area contributed by atoms with Crippen LogP contribution in [-0.4, -0.2) is 24.4 Å². The number of benzene rings is 1. The summed E-state index contributed by atoms with van der Waals surface area (Å²) in [6, 6.07) is 11.5. The quantitative estimate of drug-likeness (QED) is 0.896. The Labute approximate surface area is 113 Å². The molecule has 0 spiro atoms. The number of anilines is 1. The molecule has 0 saturated heterocycles. The Hall–Kier alpha value is -2.07. The van der Waals surface area contributed by atoms with Crippen LogP contribution in [0.1, 0.15) is 11.3 Å². The molecule has 2 aromatic rings. The Bertz CT molecular complexity index is 535. The number of aryl methyl sites for hydroxylation is 1. The Balaban J connectivity index is 1.84. The number of hydrogen-bond donors (Lipinski definition) is 1. The van der Waals surface area contributed by atoms with Gasteiger partial charge in [0.25, 0.3) is 0 Å². The van der Waals surface area contributed by atoms with Crippen molar-refractivity contribution < 1.29 is 9.21 Å². The van der Waals surface area contributed by atoms with Gasteiger partial charge in [0.2, 0.25) is 5.91 Å². The number of carbonyl (C=O) groups is 1. The smallest absolute Gasteiger partial charge is 0.238 e. The molecule has 4 heteroatoms. The van der Waals surface area contributed by atoms with Gasteiger partial charge in [0.1, 0.15) is 5.76 Å². The summed E-state index contributed by atoms with van der Waals surface area (Å²) in [7, 11) is 1.89. The molecule has 1 aromatic heterocycles. The first-order valence-corrected chi connectivity index (χ1v) is 6.21. The van der Waals surface area contributed by atoms with Gasteiger partial charge in [-0.15, -0.1) is 0 Å². The molecule has 4 nitrogen and oxygen atoms in total. The molecule has 0 aliphatic heterocycles. The zero-order valence-electron chi connectivity index (χ0n) is 11.2. The third-order valence-electron chi connectivity index (χ3n) is 2.72. The third kappa shape index (κ3) is 4.26. The standard InChI is InChI=1S/C15H18N2O2/c1-12-5-3-6-13(9-12)16-15(18)11-17(2)10-14-7-4-8-19-14/h3-9H,10-11H2,1-2H3,(H,16,18). The maximum Gasteiger partial charge on any atom is 0.238 e. The van der Waals surface area contributed by atoms with Gasteiger partial charge < -0.3 is 9.73 Å². The van der Waals surface area contributed by atoms with Crippen molar-refractivity contribution in [3.05, 3.63) is 54.0 Å². The average molecular weight is 258 g/mol. The highest BCUT2D eigenvalue weighted by molar-refractivity contribution is 5.92. The molecule has 1 aromatic carbocycles. The molecule has 19 heavy (non-hydrogen) atoms. The molecule has 2 rings (SSSR count). The van der Waals surface area contributed by atoms with Crippen molar-refractivity contribution in [1.29, 1.82) is 0 Å². The van der Waals surface area contributed by atoms with E-state index in [1.807, 2.05) is 55.3 Å². The molecular formula is C15H18N2O2. The monoisotopic (exact) mass is 258 g/mol. The fourth-order valence-corrected chi connectivity index (χ4v) is 1.89. The zero-order chi connectivity index (χ0) is 13.7. The number of carbonyl (C=O) groups excluding carboxylic acids is 1. The maximum absolute atomic E-state index is 11.9. The predicted molar refractivity (Wildman–Crippen MR) is 74.9 cm³/mol. The minimum Gasteiger partial charge on any atom is -0.468 e. The molecule has 0 saturated carbocycles. The van der Waals surface area contributed by atoms with Crippen molar-refractivity contribution in [3.63, 3.8) is 0 Å². The van der Waals surface area contributed by atoms with Gasteiger partial charge in [-0.25, -0.2) is 0 Å². The summed E-state index contributed by atoms with van der Waals surface area (Å²) in [4.78, 5) is 13.8. The molecule has 1 heterocycles. The Morgan fingerprint density at radius 2 is 2.16 bits per heavy atom. The molecule has 0 bridgehead atoms. The van der Waals surface area contributed by atoms with Crippen LogP contribution in [0.3, 0.4) is 0 Å². The summed E-state index contributed by atoms with van der Waals surface area (Å²) in [6.45, 7) is 2.95. The number of rotatable bonds is 5. The summed E-state index contributed by atoms with van der Waals surface area (Å²) >= 11 is 0. The van der Waals surface area contributed by atoms with Gasteiger partial charge in [0, 0.05) is 5.69 Å². The summed E-state index contributed by atoms with van der Waals surface area (Å²) in [5.41, 5.74) is 1.96. The number of nitrogens with one attached hydrogen (secondary N) is 1. The van der Waals surface area contributed by atoms with Gasteiger partial charge >= 0.3 is 0 Å². The number of likely N-dealkylation sites (N-methyl/N-ethyl adjacent to an activating group) is 1. The Morgan fingerprint density at radius 1 is 1.32 bits per heavy atom. The molecule has 0 aliphatic carbocycles. The van der Waals surface area contributed by atoms with Gasteiger partial charge in [-0.05, 0) is 43.8 Å².